The van der Waals surface area contributed by atoms with Gasteiger partial charge in [0, 0.05) is 16.2 Å². The van der Waals surface area contributed by atoms with Crippen LogP contribution in [0.3, 0.4) is 0 Å². The van der Waals surface area contributed by atoms with Crippen molar-refractivity contribution in [2.24, 2.45) is 0 Å². The summed E-state index contributed by atoms with van der Waals surface area (Å²) >= 11 is 5.16. The van der Waals surface area contributed by atoms with Crippen molar-refractivity contribution in [1.82, 2.24) is 0 Å². The van der Waals surface area contributed by atoms with Crippen LogP contribution in [0.2, 0.25) is 0 Å². The Labute approximate surface area is 95.2 Å². The van der Waals surface area contributed by atoms with Crippen molar-refractivity contribution in [2.45, 2.75) is 11.8 Å². The third-order valence-corrected chi connectivity index (χ3v) is 3.45. The van der Waals surface area contributed by atoms with Gasteiger partial charge in [-0.05, 0) is 36.2 Å². The summed E-state index contributed by atoms with van der Waals surface area (Å²) in [5.74, 6) is -0.885. The van der Waals surface area contributed by atoms with Crippen LogP contribution in [0.15, 0.2) is 17.0 Å². The van der Waals surface area contributed by atoms with E-state index >= 15 is 0 Å². The molecule has 0 saturated carbocycles. The van der Waals surface area contributed by atoms with E-state index < -0.39 is 25.0 Å². The monoisotopic (exact) mass is 270 g/mol. The smallest absolute Gasteiger partial charge is 0.261 e. The zero-order valence-electron chi connectivity index (χ0n) is 7.42. The largest absolute Gasteiger partial charge is 0.276 e. The van der Waals surface area contributed by atoms with Crippen LogP contribution < -0.4 is 0 Å². The lowest BCUT2D eigenvalue weighted by Gasteiger charge is -2.05. The Morgan fingerprint density at radius 1 is 1.40 bits per heavy atom. The van der Waals surface area contributed by atoms with Crippen LogP contribution in [-0.2, 0) is 9.05 Å². The Bertz CT molecular complexity index is 525. The van der Waals surface area contributed by atoms with Gasteiger partial charge in [-0.15, -0.1) is 0 Å². The van der Waals surface area contributed by atoms with Gasteiger partial charge in [-0.2, -0.15) is 0 Å². The van der Waals surface area contributed by atoms with Crippen LogP contribution in [0.25, 0.3) is 0 Å². The number of benzene rings is 1. The maximum Gasteiger partial charge on any atom is 0.261 e. The highest BCUT2D eigenvalue weighted by molar-refractivity contribution is 8.13. The first-order chi connectivity index (χ1) is 6.73. The van der Waals surface area contributed by atoms with Crippen LogP contribution >= 0.6 is 22.3 Å². The number of carbonyl (C=O) groups excluding carboxylic acids is 1. The van der Waals surface area contributed by atoms with Crippen LogP contribution in [0.4, 0.5) is 4.39 Å². The highest BCUT2D eigenvalue weighted by atomic mass is 35.7. The highest BCUT2D eigenvalue weighted by Crippen LogP contribution is 2.24. The van der Waals surface area contributed by atoms with Gasteiger partial charge in [-0.1, -0.05) is 0 Å². The van der Waals surface area contributed by atoms with Crippen LogP contribution in [0.5, 0.6) is 0 Å². The third-order valence-electron chi connectivity index (χ3n) is 1.80. The van der Waals surface area contributed by atoms with Gasteiger partial charge in [0.05, 0.1) is 4.90 Å². The quantitative estimate of drug-likeness (QED) is 0.776. The molecule has 15 heavy (non-hydrogen) atoms. The standard InChI is InChI=1S/C8H5Cl2FO3S/c1-4-6(8(9)12)2-5(11)3-7(4)15(10,13)14/h2-3H,1H3. The molecule has 0 bridgehead atoms. The molecule has 0 unspecified atom stereocenters. The molecule has 0 heterocycles. The molecule has 0 aromatic heterocycles. The molecule has 0 aliphatic rings. The summed E-state index contributed by atoms with van der Waals surface area (Å²) in [6, 6.07) is 1.59. The molecule has 0 atom stereocenters. The molecule has 3 nitrogen and oxygen atoms in total. The minimum Gasteiger partial charge on any atom is -0.276 e. The third kappa shape index (κ3) is 2.68. The van der Waals surface area contributed by atoms with E-state index in [-0.39, 0.29) is 11.1 Å². The molecule has 0 fully saturated rings. The molecule has 7 heteroatoms. The molecule has 1 aromatic carbocycles. The molecule has 0 spiro atoms. The normalized spacial score (nSPS) is 11.5. The first-order valence-electron chi connectivity index (χ1n) is 3.68. The summed E-state index contributed by atoms with van der Waals surface area (Å²) < 4.78 is 35.0. The van der Waals surface area contributed by atoms with Gasteiger partial charge in [0.25, 0.3) is 14.3 Å². The van der Waals surface area contributed by atoms with Gasteiger partial charge in [-0.3, -0.25) is 4.79 Å². The zero-order valence-corrected chi connectivity index (χ0v) is 9.75. The van der Waals surface area contributed by atoms with Crippen LogP contribution in [-0.4, -0.2) is 13.7 Å². The zero-order chi connectivity index (χ0) is 11.8. The summed E-state index contributed by atoms with van der Waals surface area (Å²) in [6.07, 6.45) is 0. The lowest BCUT2D eigenvalue weighted by molar-refractivity contribution is 0.108. The molecule has 0 aliphatic carbocycles. The first-order valence-corrected chi connectivity index (χ1v) is 6.37. The van der Waals surface area contributed by atoms with Crippen molar-refractivity contribution < 1.29 is 17.6 Å². The van der Waals surface area contributed by atoms with E-state index in [1.807, 2.05) is 0 Å². The number of hydrogen-bond acceptors (Lipinski definition) is 3. The van der Waals surface area contributed by atoms with Crippen molar-refractivity contribution >= 4 is 36.6 Å². The van der Waals surface area contributed by atoms with E-state index in [0.29, 0.717) is 0 Å². The number of hydrogen-bond donors (Lipinski definition) is 0. The van der Waals surface area contributed by atoms with E-state index in [1.54, 1.807) is 0 Å². The maximum absolute atomic E-state index is 13.0. The number of rotatable bonds is 2. The Kier molecular flexibility index (Phi) is 3.38. The number of halogens is 3. The topological polar surface area (TPSA) is 51.2 Å². The second kappa shape index (κ2) is 4.08. The molecule has 0 aliphatic heterocycles. The van der Waals surface area contributed by atoms with Gasteiger partial charge in [0.1, 0.15) is 5.82 Å². The summed E-state index contributed by atoms with van der Waals surface area (Å²) in [6.45, 7) is 1.32. The highest BCUT2D eigenvalue weighted by Gasteiger charge is 2.20. The molecule has 0 amide bonds. The van der Waals surface area contributed by atoms with Crippen molar-refractivity contribution in [2.75, 3.05) is 0 Å². The molecule has 1 rings (SSSR count). The van der Waals surface area contributed by atoms with Crippen molar-refractivity contribution in [3.8, 4) is 0 Å². The van der Waals surface area contributed by atoms with E-state index in [4.69, 9.17) is 22.3 Å². The summed E-state index contributed by atoms with van der Waals surface area (Å²) in [5, 5.41) is -0.937. The minimum atomic E-state index is -4.09. The van der Waals surface area contributed by atoms with Crippen molar-refractivity contribution in [3.05, 3.63) is 29.1 Å². The predicted molar refractivity (Wildman–Crippen MR) is 54.4 cm³/mol. The second-order valence-corrected chi connectivity index (χ2v) is 5.67. The van der Waals surface area contributed by atoms with E-state index in [2.05, 4.69) is 0 Å². The minimum absolute atomic E-state index is 0.0337. The summed E-state index contributed by atoms with van der Waals surface area (Å²) in [7, 11) is 0.973. The van der Waals surface area contributed by atoms with Crippen molar-refractivity contribution in [1.29, 1.82) is 0 Å². The van der Waals surface area contributed by atoms with E-state index in [1.165, 1.54) is 6.92 Å². The van der Waals surface area contributed by atoms with Gasteiger partial charge in [0.2, 0.25) is 0 Å². The Morgan fingerprint density at radius 2 is 1.93 bits per heavy atom. The molecule has 0 saturated heterocycles. The van der Waals surface area contributed by atoms with Gasteiger partial charge < -0.3 is 0 Å². The SMILES string of the molecule is Cc1c(C(=O)Cl)cc(F)cc1S(=O)(=O)Cl. The summed E-state index contributed by atoms with van der Waals surface area (Å²) in [4.78, 5) is 10.4. The Morgan fingerprint density at radius 3 is 2.33 bits per heavy atom. The summed E-state index contributed by atoms with van der Waals surface area (Å²) in [5.41, 5.74) is -0.178. The second-order valence-electron chi connectivity index (χ2n) is 2.79. The van der Waals surface area contributed by atoms with Gasteiger partial charge >= 0.3 is 0 Å². The fraction of sp³-hybridized carbons (Fsp3) is 0.125. The van der Waals surface area contributed by atoms with Crippen LogP contribution in [0.1, 0.15) is 15.9 Å². The molecule has 1 aromatic rings. The Balaban J connectivity index is 3.63. The molecule has 0 N–H and O–H groups in total. The van der Waals surface area contributed by atoms with Gasteiger partial charge in [0.15, 0.2) is 0 Å². The predicted octanol–water partition coefficient (Wildman–Crippen LogP) is 2.44. The fourth-order valence-corrected chi connectivity index (χ4v) is 2.52. The molecular formula is C8H5Cl2FO3S. The fourth-order valence-electron chi connectivity index (χ4n) is 1.11. The van der Waals surface area contributed by atoms with E-state index in [0.717, 1.165) is 12.1 Å². The average Bonchev–Trinajstić information content (AvgIpc) is 2.06. The number of carbonyl (C=O) groups is 1. The first kappa shape index (κ1) is 12.4. The molecule has 82 valence electrons. The molecule has 0 radical (unpaired) electrons. The van der Waals surface area contributed by atoms with E-state index in [9.17, 15) is 17.6 Å². The molecular weight excluding hydrogens is 266 g/mol. The average molecular weight is 271 g/mol. The maximum atomic E-state index is 13.0. The van der Waals surface area contributed by atoms with Crippen LogP contribution in [0, 0.1) is 12.7 Å². The lowest BCUT2D eigenvalue weighted by Crippen LogP contribution is -2.02. The van der Waals surface area contributed by atoms with Crippen molar-refractivity contribution in [3.63, 3.8) is 0 Å². The lowest BCUT2D eigenvalue weighted by atomic mass is 10.1. The Hall–Kier alpha value is -0.650. The van der Waals surface area contributed by atoms with Gasteiger partial charge in [-0.25, -0.2) is 12.8 Å².